The third-order valence-corrected chi connectivity index (χ3v) is 4.82. The summed E-state index contributed by atoms with van der Waals surface area (Å²) in [5.74, 6) is 1.73. The number of amides is 1. The molecule has 18 heavy (non-hydrogen) atoms. The Hall–Kier alpha value is -0.570. The van der Waals surface area contributed by atoms with Gasteiger partial charge in [0, 0.05) is 25.0 Å². The van der Waals surface area contributed by atoms with Gasteiger partial charge in [0.25, 0.3) is 0 Å². The Labute approximate surface area is 111 Å². The monoisotopic (exact) mass is 252 g/mol. The topological polar surface area (TPSA) is 46.3 Å². The minimum atomic E-state index is 0.168. The lowest BCUT2D eigenvalue weighted by molar-refractivity contribution is -0.138. The molecule has 0 bridgehead atoms. The minimum absolute atomic E-state index is 0.168. The van der Waals surface area contributed by atoms with Crippen LogP contribution in [0.3, 0.4) is 0 Å². The molecule has 1 heterocycles. The Morgan fingerprint density at radius 2 is 2.06 bits per heavy atom. The zero-order valence-corrected chi connectivity index (χ0v) is 11.9. The standard InChI is InChI=1S/C15H28N2O/c1-11-5-4-8-17(10-11)15(18)12(2)13-6-3-7-14(16)9-13/h11-14H,3-10,16H2,1-2H3. The predicted octanol–water partition coefficient (Wildman–Crippen LogP) is 2.40. The van der Waals surface area contributed by atoms with Crippen LogP contribution < -0.4 is 5.73 Å². The smallest absolute Gasteiger partial charge is 0.225 e. The van der Waals surface area contributed by atoms with Crippen LogP contribution in [-0.2, 0) is 4.79 Å². The second-order valence-corrected chi connectivity index (χ2v) is 6.51. The number of nitrogens with two attached hydrogens (primary N) is 1. The van der Waals surface area contributed by atoms with Gasteiger partial charge in [-0.2, -0.15) is 0 Å². The molecule has 1 aliphatic heterocycles. The van der Waals surface area contributed by atoms with Gasteiger partial charge in [-0.3, -0.25) is 4.79 Å². The van der Waals surface area contributed by atoms with E-state index in [0.29, 0.717) is 23.8 Å². The Morgan fingerprint density at radius 1 is 1.28 bits per heavy atom. The summed E-state index contributed by atoms with van der Waals surface area (Å²) in [6.07, 6.45) is 6.99. The summed E-state index contributed by atoms with van der Waals surface area (Å²) in [5.41, 5.74) is 6.04. The summed E-state index contributed by atoms with van der Waals surface area (Å²) in [7, 11) is 0. The highest BCUT2D eigenvalue weighted by atomic mass is 16.2. The first kappa shape index (κ1) is 13.9. The van der Waals surface area contributed by atoms with Crippen molar-refractivity contribution in [2.45, 2.75) is 58.4 Å². The van der Waals surface area contributed by atoms with Gasteiger partial charge in [0.15, 0.2) is 0 Å². The SMILES string of the molecule is CC1CCCN(C(=O)C(C)C2CCCC(N)C2)C1. The van der Waals surface area contributed by atoms with Gasteiger partial charge in [-0.1, -0.05) is 20.3 Å². The van der Waals surface area contributed by atoms with Crippen molar-refractivity contribution in [1.82, 2.24) is 4.90 Å². The Morgan fingerprint density at radius 3 is 2.72 bits per heavy atom. The molecule has 1 saturated heterocycles. The van der Waals surface area contributed by atoms with Gasteiger partial charge in [-0.15, -0.1) is 0 Å². The van der Waals surface area contributed by atoms with E-state index >= 15 is 0 Å². The van der Waals surface area contributed by atoms with Crippen LogP contribution in [0.2, 0.25) is 0 Å². The first-order valence-corrected chi connectivity index (χ1v) is 7.62. The maximum atomic E-state index is 12.5. The van der Waals surface area contributed by atoms with Crippen LogP contribution in [0.25, 0.3) is 0 Å². The third-order valence-electron chi connectivity index (χ3n) is 4.82. The van der Waals surface area contributed by atoms with E-state index < -0.39 is 0 Å². The van der Waals surface area contributed by atoms with Crippen molar-refractivity contribution < 1.29 is 4.79 Å². The summed E-state index contributed by atoms with van der Waals surface area (Å²) in [6.45, 7) is 6.29. The van der Waals surface area contributed by atoms with E-state index in [1.54, 1.807) is 0 Å². The molecule has 0 aromatic carbocycles. The maximum absolute atomic E-state index is 12.5. The average Bonchev–Trinajstić information content (AvgIpc) is 2.37. The molecular formula is C15H28N2O. The zero-order valence-electron chi connectivity index (χ0n) is 11.9. The molecule has 1 saturated carbocycles. The van der Waals surface area contributed by atoms with Crippen LogP contribution in [0.1, 0.15) is 52.4 Å². The van der Waals surface area contributed by atoms with Gasteiger partial charge in [0.05, 0.1) is 0 Å². The highest BCUT2D eigenvalue weighted by molar-refractivity contribution is 5.79. The molecule has 0 aromatic rings. The van der Waals surface area contributed by atoms with Crippen LogP contribution in [0, 0.1) is 17.8 Å². The maximum Gasteiger partial charge on any atom is 0.225 e. The van der Waals surface area contributed by atoms with Crippen LogP contribution in [0.4, 0.5) is 0 Å². The quantitative estimate of drug-likeness (QED) is 0.820. The van der Waals surface area contributed by atoms with Gasteiger partial charge in [-0.05, 0) is 43.9 Å². The van der Waals surface area contributed by atoms with Crippen LogP contribution in [0.5, 0.6) is 0 Å². The van der Waals surface area contributed by atoms with Gasteiger partial charge < -0.3 is 10.6 Å². The summed E-state index contributed by atoms with van der Waals surface area (Å²) in [5, 5.41) is 0. The number of rotatable bonds is 2. The fraction of sp³-hybridized carbons (Fsp3) is 0.933. The summed E-state index contributed by atoms with van der Waals surface area (Å²) < 4.78 is 0. The molecule has 4 unspecified atom stereocenters. The van der Waals surface area contributed by atoms with E-state index in [9.17, 15) is 4.79 Å². The summed E-state index contributed by atoms with van der Waals surface area (Å²) >= 11 is 0. The number of hydrogen-bond donors (Lipinski definition) is 1. The number of hydrogen-bond acceptors (Lipinski definition) is 2. The minimum Gasteiger partial charge on any atom is -0.342 e. The lowest BCUT2D eigenvalue weighted by Crippen LogP contribution is -2.44. The highest BCUT2D eigenvalue weighted by Crippen LogP contribution is 2.31. The lowest BCUT2D eigenvalue weighted by Gasteiger charge is -2.36. The van der Waals surface area contributed by atoms with Crippen molar-refractivity contribution in [3.8, 4) is 0 Å². The number of nitrogens with zero attached hydrogens (tertiary/aromatic N) is 1. The first-order valence-electron chi connectivity index (χ1n) is 7.62. The van der Waals surface area contributed by atoms with Crippen LogP contribution >= 0.6 is 0 Å². The molecule has 1 aliphatic carbocycles. The number of carbonyl (C=O) groups excluding carboxylic acids is 1. The molecule has 3 heteroatoms. The molecule has 2 fully saturated rings. The molecule has 2 aliphatic rings. The van der Waals surface area contributed by atoms with Gasteiger partial charge in [0.2, 0.25) is 5.91 Å². The summed E-state index contributed by atoms with van der Waals surface area (Å²) in [4.78, 5) is 14.6. The number of likely N-dealkylation sites (tertiary alicyclic amines) is 1. The molecule has 4 atom stereocenters. The van der Waals surface area contributed by atoms with Crippen LogP contribution in [0.15, 0.2) is 0 Å². The Kier molecular flexibility index (Phi) is 4.66. The molecule has 2 N–H and O–H groups in total. The Balaban J connectivity index is 1.91. The number of piperidine rings is 1. The second-order valence-electron chi connectivity index (χ2n) is 6.51. The molecule has 0 radical (unpaired) electrons. The van der Waals surface area contributed by atoms with Crippen molar-refractivity contribution in [3.05, 3.63) is 0 Å². The lowest BCUT2D eigenvalue weighted by atomic mass is 9.78. The third kappa shape index (κ3) is 3.25. The largest absolute Gasteiger partial charge is 0.342 e. The fourth-order valence-electron chi connectivity index (χ4n) is 3.60. The van der Waals surface area contributed by atoms with Crippen molar-refractivity contribution >= 4 is 5.91 Å². The average molecular weight is 252 g/mol. The first-order chi connectivity index (χ1) is 8.58. The van der Waals surface area contributed by atoms with E-state index in [2.05, 4.69) is 18.7 Å². The van der Waals surface area contributed by atoms with E-state index in [4.69, 9.17) is 5.73 Å². The molecule has 0 aromatic heterocycles. The van der Waals surface area contributed by atoms with Crippen molar-refractivity contribution in [1.29, 1.82) is 0 Å². The van der Waals surface area contributed by atoms with E-state index in [1.165, 1.54) is 25.7 Å². The predicted molar refractivity (Wildman–Crippen MR) is 74.1 cm³/mol. The molecular weight excluding hydrogens is 224 g/mol. The molecule has 104 valence electrons. The van der Waals surface area contributed by atoms with E-state index in [0.717, 1.165) is 25.9 Å². The normalized spacial score (nSPS) is 35.3. The molecule has 0 spiro atoms. The highest BCUT2D eigenvalue weighted by Gasteiger charge is 2.32. The fourth-order valence-corrected chi connectivity index (χ4v) is 3.60. The zero-order chi connectivity index (χ0) is 13.1. The van der Waals surface area contributed by atoms with Crippen molar-refractivity contribution in [2.75, 3.05) is 13.1 Å². The van der Waals surface area contributed by atoms with E-state index in [1.807, 2.05) is 0 Å². The Bertz CT molecular complexity index is 292. The summed E-state index contributed by atoms with van der Waals surface area (Å²) in [6, 6.07) is 0.319. The van der Waals surface area contributed by atoms with Crippen LogP contribution in [-0.4, -0.2) is 29.9 Å². The second kappa shape index (κ2) is 6.05. The molecule has 3 nitrogen and oxygen atoms in total. The van der Waals surface area contributed by atoms with Crippen molar-refractivity contribution in [3.63, 3.8) is 0 Å². The molecule has 1 amide bonds. The van der Waals surface area contributed by atoms with Gasteiger partial charge in [-0.25, -0.2) is 0 Å². The molecule has 2 rings (SSSR count). The van der Waals surface area contributed by atoms with Crippen molar-refractivity contribution in [2.24, 2.45) is 23.5 Å². The van der Waals surface area contributed by atoms with Gasteiger partial charge in [0.1, 0.15) is 0 Å². The van der Waals surface area contributed by atoms with E-state index in [-0.39, 0.29) is 5.92 Å². The van der Waals surface area contributed by atoms with Gasteiger partial charge >= 0.3 is 0 Å². The number of carbonyl (C=O) groups is 1.